The number of aromatic amines is 1. The van der Waals surface area contributed by atoms with Gasteiger partial charge in [0.15, 0.2) is 0 Å². The van der Waals surface area contributed by atoms with E-state index < -0.39 is 5.82 Å². The molecule has 1 N–H and O–H groups in total. The minimum atomic E-state index is -0.393. The average Bonchev–Trinajstić information content (AvgIpc) is 3.15. The summed E-state index contributed by atoms with van der Waals surface area (Å²) in [6.07, 6.45) is 3.96. The molecular weight excluding hydrogens is 344 g/mol. The zero-order valence-electron chi connectivity index (χ0n) is 15.4. The average molecular weight is 367 g/mol. The van der Waals surface area contributed by atoms with Gasteiger partial charge in [-0.15, -0.1) is 0 Å². The van der Waals surface area contributed by atoms with Gasteiger partial charge in [0.25, 0.3) is 0 Å². The number of H-pyrrole nitrogens is 1. The number of hydrogen-bond donors (Lipinski definition) is 1. The van der Waals surface area contributed by atoms with E-state index in [1.165, 1.54) is 17.7 Å². The number of piperidine rings is 1. The molecule has 4 rings (SSSR count). The van der Waals surface area contributed by atoms with Gasteiger partial charge < -0.3 is 0 Å². The zero-order valence-corrected chi connectivity index (χ0v) is 15.4. The van der Waals surface area contributed by atoms with Gasteiger partial charge in [0.1, 0.15) is 11.6 Å². The molecule has 0 spiro atoms. The topological polar surface area (TPSA) is 31.9 Å². The van der Waals surface area contributed by atoms with Crippen molar-refractivity contribution in [3.63, 3.8) is 0 Å². The van der Waals surface area contributed by atoms with Crippen LogP contribution >= 0.6 is 0 Å². The van der Waals surface area contributed by atoms with Crippen LogP contribution in [0.25, 0.3) is 11.1 Å². The van der Waals surface area contributed by atoms with E-state index in [1.807, 2.05) is 6.20 Å². The summed E-state index contributed by atoms with van der Waals surface area (Å²) in [5.74, 6) is -0.441. The fraction of sp³-hybridized carbons (Fsp3) is 0.318. The van der Waals surface area contributed by atoms with E-state index in [1.54, 1.807) is 0 Å². The Hall–Kier alpha value is -2.53. The molecule has 1 aromatic heterocycles. The van der Waals surface area contributed by atoms with Crippen LogP contribution in [0, 0.1) is 18.6 Å². The van der Waals surface area contributed by atoms with Gasteiger partial charge in [0, 0.05) is 35.8 Å². The normalized spacial score (nSPS) is 18.0. The third-order valence-corrected chi connectivity index (χ3v) is 5.31. The lowest BCUT2D eigenvalue weighted by molar-refractivity contribution is 0.196. The van der Waals surface area contributed by atoms with Gasteiger partial charge in [-0.2, -0.15) is 5.10 Å². The molecule has 1 aliphatic heterocycles. The second kappa shape index (κ2) is 7.61. The maximum absolute atomic E-state index is 14.0. The Morgan fingerprint density at radius 2 is 2.07 bits per heavy atom. The van der Waals surface area contributed by atoms with Crippen molar-refractivity contribution in [1.29, 1.82) is 0 Å². The molecule has 5 heteroatoms. The Labute approximate surface area is 158 Å². The monoisotopic (exact) mass is 367 g/mol. The van der Waals surface area contributed by atoms with E-state index in [0.717, 1.165) is 48.8 Å². The highest BCUT2D eigenvalue weighted by Crippen LogP contribution is 2.33. The Bertz CT molecular complexity index is 935. The van der Waals surface area contributed by atoms with Crippen LogP contribution in [0.2, 0.25) is 0 Å². The van der Waals surface area contributed by atoms with Crippen molar-refractivity contribution < 1.29 is 8.78 Å². The van der Waals surface area contributed by atoms with Crippen LogP contribution in [0.15, 0.2) is 48.7 Å². The van der Waals surface area contributed by atoms with Gasteiger partial charge in [-0.3, -0.25) is 10.00 Å². The molecule has 27 heavy (non-hydrogen) atoms. The second-order valence-corrected chi connectivity index (χ2v) is 7.38. The molecule has 2 heterocycles. The number of rotatable bonds is 4. The van der Waals surface area contributed by atoms with E-state index in [-0.39, 0.29) is 5.82 Å². The minimum Gasteiger partial charge on any atom is -0.298 e. The van der Waals surface area contributed by atoms with Gasteiger partial charge >= 0.3 is 0 Å². The predicted molar refractivity (Wildman–Crippen MR) is 102 cm³/mol. The van der Waals surface area contributed by atoms with Crippen LogP contribution in [-0.4, -0.2) is 28.2 Å². The van der Waals surface area contributed by atoms with Crippen LogP contribution in [0.3, 0.4) is 0 Å². The molecule has 0 radical (unpaired) electrons. The van der Waals surface area contributed by atoms with Crippen molar-refractivity contribution in [1.82, 2.24) is 15.1 Å². The van der Waals surface area contributed by atoms with Crippen LogP contribution in [-0.2, 0) is 6.54 Å². The summed E-state index contributed by atoms with van der Waals surface area (Å²) >= 11 is 0. The molecule has 2 aromatic carbocycles. The molecule has 1 saturated heterocycles. The molecule has 3 nitrogen and oxygen atoms in total. The molecule has 1 aliphatic rings. The maximum atomic E-state index is 14.0. The number of hydrogen-bond acceptors (Lipinski definition) is 2. The van der Waals surface area contributed by atoms with Crippen molar-refractivity contribution in [3.05, 3.63) is 77.1 Å². The summed E-state index contributed by atoms with van der Waals surface area (Å²) in [6.45, 7) is 4.20. The van der Waals surface area contributed by atoms with Crippen LogP contribution in [0.4, 0.5) is 8.78 Å². The third-order valence-electron chi connectivity index (χ3n) is 5.31. The molecule has 0 bridgehead atoms. The van der Waals surface area contributed by atoms with Gasteiger partial charge in [-0.05, 0) is 50.1 Å². The molecule has 1 atom stereocenters. The summed E-state index contributed by atoms with van der Waals surface area (Å²) in [5, 5.41) is 7.47. The van der Waals surface area contributed by atoms with E-state index in [4.69, 9.17) is 0 Å². The van der Waals surface area contributed by atoms with E-state index in [0.29, 0.717) is 18.0 Å². The van der Waals surface area contributed by atoms with Crippen LogP contribution in [0.5, 0.6) is 0 Å². The zero-order chi connectivity index (χ0) is 18.8. The molecule has 0 saturated carbocycles. The molecule has 140 valence electrons. The van der Waals surface area contributed by atoms with E-state index in [9.17, 15) is 8.78 Å². The van der Waals surface area contributed by atoms with Gasteiger partial charge in [0.05, 0.1) is 6.20 Å². The minimum absolute atomic E-state index is 0.299. The fourth-order valence-corrected chi connectivity index (χ4v) is 3.99. The molecular formula is C22H23F2N3. The highest BCUT2D eigenvalue weighted by molar-refractivity contribution is 5.66. The summed E-state index contributed by atoms with van der Waals surface area (Å²) in [6, 6.07) is 12.1. The number of aromatic nitrogens is 2. The van der Waals surface area contributed by atoms with Gasteiger partial charge in [-0.1, -0.05) is 29.8 Å². The lowest BCUT2D eigenvalue weighted by Gasteiger charge is -2.32. The largest absolute Gasteiger partial charge is 0.298 e. The number of benzene rings is 2. The number of halogens is 2. The first-order valence-electron chi connectivity index (χ1n) is 9.37. The van der Waals surface area contributed by atoms with E-state index >= 15 is 0 Å². The van der Waals surface area contributed by atoms with Crippen LogP contribution < -0.4 is 0 Å². The first kappa shape index (κ1) is 17.9. The first-order valence-corrected chi connectivity index (χ1v) is 9.37. The molecule has 0 amide bonds. The summed E-state index contributed by atoms with van der Waals surface area (Å²) < 4.78 is 27.5. The number of nitrogens with zero attached hydrogens (tertiary/aromatic N) is 2. The van der Waals surface area contributed by atoms with Crippen molar-refractivity contribution in [2.24, 2.45) is 0 Å². The summed E-state index contributed by atoms with van der Waals surface area (Å²) in [5.41, 5.74) is 5.05. The maximum Gasteiger partial charge on any atom is 0.127 e. The molecule has 0 aliphatic carbocycles. The third kappa shape index (κ3) is 3.93. The van der Waals surface area contributed by atoms with Crippen LogP contribution in [0.1, 0.15) is 35.6 Å². The fourth-order valence-electron chi connectivity index (χ4n) is 3.99. The molecule has 1 fully saturated rings. The van der Waals surface area contributed by atoms with Gasteiger partial charge in [0.2, 0.25) is 0 Å². The quantitative estimate of drug-likeness (QED) is 0.700. The molecule has 3 aromatic rings. The lowest BCUT2D eigenvalue weighted by atomic mass is 9.90. The first-order chi connectivity index (χ1) is 13.1. The SMILES string of the molecule is Cc1cccc(-c2cn[nH]c2[C@H]2CCCN(Cc3cc(F)ccc3F)C2)c1. The Kier molecular flexibility index (Phi) is 5.03. The van der Waals surface area contributed by atoms with Crippen molar-refractivity contribution in [3.8, 4) is 11.1 Å². The van der Waals surface area contributed by atoms with Crippen molar-refractivity contribution in [2.45, 2.75) is 32.2 Å². The Balaban J connectivity index is 1.54. The summed E-state index contributed by atoms with van der Waals surface area (Å²) in [4.78, 5) is 2.20. The smallest absolute Gasteiger partial charge is 0.127 e. The second-order valence-electron chi connectivity index (χ2n) is 7.38. The number of nitrogens with one attached hydrogen (secondary N) is 1. The summed E-state index contributed by atoms with van der Waals surface area (Å²) in [7, 11) is 0. The predicted octanol–water partition coefficient (Wildman–Crippen LogP) is 5.04. The highest BCUT2D eigenvalue weighted by atomic mass is 19.1. The Morgan fingerprint density at radius 3 is 2.93 bits per heavy atom. The van der Waals surface area contributed by atoms with Gasteiger partial charge in [-0.25, -0.2) is 8.78 Å². The highest BCUT2D eigenvalue weighted by Gasteiger charge is 2.25. The standard InChI is InChI=1S/C22H23F2N3/c1-15-4-2-5-16(10-15)20-12-25-26-22(20)17-6-3-9-27(13-17)14-18-11-19(23)7-8-21(18)24/h2,4-5,7-8,10-12,17H,3,6,9,13-14H2,1H3,(H,25,26)/t17-/m0/s1. The lowest BCUT2D eigenvalue weighted by Crippen LogP contribution is -2.34. The molecule has 0 unspecified atom stereocenters. The number of likely N-dealkylation sites (tertiary alicyclic amines) is 1. The Morgan fingerprint density at radius 1 is 1.19 bits per heavy atom. The van der Waals surface area contributed by atoms with E-state index in [2.05, 4.69) is 46.3 Å². The number of aryl methyl sites for hydroxylation is 1. The van der Waals surface area contributed by atoms with Crippen molar-refractivity contribution >= 4 is 0 Å². The van der Waals surface area contributed by atoms with Crippen molar-refractivity contribution in [2.75, 3.05) is 13.1 Å².